The van der Waals surface area contributed by atoms with Crippen LogP contribution >= 0.6 is 0 Å². The van der Waals surface area contributed by atoms with E-state index in [2.05, 4.69) is 0 Å². The maximum atomic E-state index is 12.6. The molecule has 3 nitrogen and oxygen atoms in total. The highest BCUT2D eigenvalue weighted by molar-refractivity contribution is 5.10. The third-order valence-corrected chi connectivity index (χ3v) is 2.26. The lowest BCUT2D eigenvalue weighted by Gasteiger charge is -2.14. The van der Waals surface area contributed by atoms with Gasteiger partial charge in [0.05, 0.1) is 6.07 Å². The average Bonchev–Trinajstić information content (AvgIpc) is 2.24. The highest BCUT2D eigenvalue weighted by Gasteiger charge is 2.33. The molecule has 6 heteroatoms. The topological polar surface area (TPSA) is 45.8 Å². The van der Waals surface area contributed by atoms with Gasteiger partial charge in [0.15, 0.2) is 0 Å². The van der Waals surface area contributed by atoms with E-state index in [1.54, 1.807) is 0 Å². The van der Waals surface area contributed by atoms with Crippen molar-refractivity contribution in [1.82, 2.24) is 4.57 Å². The van der Waals surface area contributed by atoms with Gasteiger partial charge in [-0.1, -0.05) is 6.07 Å². The summed E-state index contributed by atoms with van der Waals surface area (Å²) in [5.74, 6) is 0. The normalized spacial score (nSPS) is 11.2. The smallest absolute Gasteiger partial charge is 0.304 e. The van der Waals surface area contributed by atoms with Gasteiger partial charge in [0.25, 0.3) is 5.56 Å². The predicted molar refractivity (Wildman–Crippen MR) is 55.2 cm³/mol. The van der Waals surface area contributed by atoms with Crippen molar-refractivity contribution in [2.75, 3.05) is 0 Å². The minimum absolute atomic E-state index is 0.0177. The quantitative estimate of drug-likeness (QED) is 0.764. The molecule has 1 heterocycles. The lowest BCUT2D eigenvalue weighted by atomic mass is 10.2. The molecule has 0 spiro atoms. The molecule has 1 aromatic heterocycles. The SMILES string of the molecule is N#CCCCCn1c(C(F)(F)F)cccc1=O. The zero-order valence-corrected chi connectivity index (χ0v) is 9.00. The van der Waals surface area contributed by atoms with Crippen LogP contribution in [0.4, 0.5) is 13.2 Å². The molecular weight excluding hydrogens is 233 g/mol. The largest absolute Gasteiger partial charge is 0.431 e. The number of nitriles is 1. The van der Waals surface area contributed by atoms with Crippen molar-refractivity contribution in [2.45, 2.75) is 32.0 Å². The van der Waals surface area contributed by atoms with Crippen LogP contribution in [0.2, 0.25) is 0 Å². The van der Waals surface area contributed by atoms with Crippen LogP contribution in [0.25, 0.3) is 0 Å². The van der Waals surface area contributed by atoms with Crippen molar-refractivity contribution in [3.05, 3.63) is 34.2 Å². The highest BCUT2D eigenvalue weighted by atomic mass is 19.4. The van der Waals surface area contributed by atoms with E-state index in [1.807, 2.05) is 6.07 Å². The van der Waals surface area contributed by atoms with Gasteiger partial charge in [-0.3, -0.25) is 4.79 Å². The first-order valence-corrected chi connectivity index (χ1v) is 5.11. The van der Waals surface area contributed by atoms with E-state index in [0.717, 1.165) is 18.2 Å². The lowest BCUT2D eigenvalue weighted by Crippen LogP contribution is -2.27. The number of hydrogen-bond donors (Lipinski definition) is 0. The molecule has 92 valence electrons. The molecular formula is C11H11F3N2O. The molecule has 0 saturated heterocycles. The first-order chi connectivity index (χ1) is 7.96. The summed E-state index contributed by atoms with van der Waals surface area (Å²) in [6, 6.07) is 4.98. The van der Waals surface area contributed by atoms with Crippen molar-refractivity contribution in [2.24, 2.45) is 0 Å². The molecule has 0 N–H and O–H groups in total. The Balaban J connectivity index is 2.90. The summed E-state index contributed by atoms with van der Waals surface area (Å²) in [4.78, 5) is 11.3. The number of unbranched alkanes of at least 4 members (excludes halogenated alkanes) is 2. The second kappa shape index (κ2) is 5.53. The van der Waals surface area contributed by atoms with E-state index < -0.39 is 17.4 Å². The van der Waals surface area contributed by atoms with Crippen molar-refractivity contribution in [1.29, 1.82) is 5.26 Å². The molecule has 1 aromatic rings. The maximum Gasteiger partial charge on any atom is 0.431 e. The summed E-state index contributed by atoms with van der Waals surface area (Å²) < 4.78 is 38.5. The van der Waals surface area contributed by atoms with Crippen LogP contribution in [0, 0.1) is 11.3 Å². The Labute approximate surface area is 96.1 Å². The second-order valence-corrected chi connectivity index (χ2v) is 3.51. The number of pyridine rings is 1. The second-order valence-electron chi connectivity index (χ2n) is 3.51. The molecule has 0 fully saturated rings. The highest BCUT2D eigenvalue weighted by Crippen LogP contribution is 2.28. The van der Waals surface area contributed by atoms with Crippen LogP contribution in [0.1, 0.15) is 25.0 Å². The molecule has 0 atom stereocenters. The van der Waals surface area contributed by atoms with Crippen LogP contribution in [0.5, 0.6) is 0 Å². The van der Waals surface area contributed by atoms with Crippen molar-refractivity contribution in [3.8, 4) is 6.07 Å². The monoisotopic (exact) mass is 244 g/mol. The Hall–Kier alpha value is -1.77. The zero-order chi connectivity index (χ0) is 12.9. The fraction of sp³-hybridized carbons (Fsp3) is 0.455. The Bertz CT molecular complexity index is 471. The van der Waals surface area contributed by atoms with Gasteiger partial charge < -0.3 is 4.57 Å². The number of hydrogen-bond acceptors (Lipinski definition) is 2. The van der Waals surface area contributed by atoms with E-state index in [1.165, 1.54) is 0 Å². The van der Waals surface area contributed by atoms with Crippen molar-refractivity contribution >= 4 is 0 Å². The van der Waals surface area contributed by atoms with Crippen LogP contribution in [0.15, 0.2) is 23.0 Å². The van der Waals surface area contributed by atoms with Gasteiger partial charge in [-0.15, -0.1) is 0 Å². The maximum absolute atomic E-state index is 12.6. The third kappa shape index (κ3) is 3.63. The summed E-state index contributed by atoms with van der Waals surface area (Å²) in [5.41, 5.74) is -1.61. The Morgan fingerprint density at radius 1 is 1.29 bits per heavy atom. The molecule has 0 aliphatic rings. The standard InChI is InChI=1S/C11H11F3N2O/c12-11(13,14)9-5-4-6-10(17)16(9)8-3-1-2-7-15/h4-6H,1-3,8H2. The molecule has 0 bridgehead atoms. The average molecular weight is 244 g/mol. The number of nitrogens with zero attached hydrogens (tertiary/aromatic N) is 2. The molecule has 0 radical (unpaired) electrons. The van der Waals surface area contributed by atoms with E-state index in [9.17, 15) is 18.0 Å². The van der Waals surface area contributed by atoms with Gasteiger partial charge in [-0.2, -0.15) is 18.4 Å². The van der Waals surface area contributed by atoms with Gasteiger partial charge >= 0.3 is 6.18 Å². The summed E-state index contributed by atoms with van der Waals surface area (Å²) in [5, 5.41) is 8.30. The number of aromatic nitrogens is 1. The number of rotatable bonds is 4. The fourth-order valence-electron chi connectivity index (χ4n) is 1.47. The number of halogens is 3. The molecule has 0 aliphatic heterocycles. The molecule has 0 amide bonds. The van der Waals surface area contributed by atoms with Gasteiger partial charge in [-0.05, 0) is 18.9 Å². The van der Waals surface area contributed by atoms with Gasteiger partial charge in [0.1, 0.15) is 5.69 Å². The molecule has 0 aromatic carbocycles. The van der Waals surface area contributed by atoms with E-state index in [0.29, 0.717) is 17.4 Å². The summed E-state index contributed by atoms with van der Waals surface area (Å²) in [7, 11) is 0. The van der Waals surface area contributed by atoms with E-state index >= 15 is 0 Å². The molecule has 1 rings (SSSR count). The van der Waals surface area contributed by atoms with Crippen molar-refractivity contribution < 1.29 is 13.2 Å². The summed E-state index contributed by atoms with van der Waals surface area (Å²) >= 11 is 0. The molecule has 0 unspecified atom stereocenters. The van der Waals surface area contributed by atoms with Crippen molar-refractivity contribution in [3.63, 3.8) is 0 Å². The Morgan fingerprint density at radius 2 is 2.00 bits per heavy atom. The Morgan fingerprint density at radius 3 is 2.59 bits per heavy atom. The minimum atomic E-state index is -4.53. The van der Waals surface area contributed by atoms with Crippen LogP contribution in [0.3, 0.4) is 0 Å². The Kier molecular flexibility index (Phi) is 4.32. The first kappa shape index (κ1) is 13.3. The zero-order valence-electron chi connectivity index (χ0n) is 9.00. The molecule has 0 aliphatic carbocycles. The minimum Gasteiger partial charge on any atom is -0.304 e. The van der Waals surface area contributed by atoms with Gasteiger partial charge in [0, 0.05) is 19.0 Å². The van der Waals surface area contributed by atoms with Gasteiger partial charge in [-0.25, -0.2) is 0 Å². The van der Waals surface area contributed by atoms with Crippen LogP contribution < -0.4 is 5.56 Å². The fourth-order valence-corrected chi connectivity index (χ4v) is 1.47. The van der Waals surface area contributed by atoms with Crippen LogP contribution in [-0.4, -0.2) is 4.57 Å². The third-order valence-electron chi connectivity index (χ3n) is 2.26. The predicted octanol–water partition coefficient (Wildman–Crippen LogP) is 2.56. The summed E-state index contributed by atoms with van der Waals surface area (Å²) in [6.07, 6.45) is -3.39. The van der Waals surface area contributed by atoms with E-state index in [4.69, 9.17) is 5.26 Å². The van der Waals surface area contributed by atoms with Gasteiger partial charge in [0.2, 0.25) is 0 Å². The first-order valence-electron chi connectivity index (χ1n) is 5.11. The number of alkyl halides is 3. The van der Waals surface area contributed by atoms with Crippen LogP contribution in [-0.2, 0) is 12.7 Å². The lowest BCUT2D eigenvalue weighted by molar-refractivity contribution is -0.144. The summed E-state index contributed by atoms with van der Waals surface area (Å²) in [6.45, 7) is -0.0177. The molecule has 17 heavy (non-hydrogen) atoms. The van der Waals surface area contributed by atoms with E-state index in [-0.39, 0.29) is 13.0 Å². The molecule has 0 saturated carbocycles.